The lowest BCUT2D eigenvalue weighted by Gasteiger charge is -2.01. The molecule has 1 aromatic heterocycles. The Balaban J connectivity index is 2.28. The van der Waals surface area contributed by atoms with Crippen molar-refractivity contribution < 1.29 is 13.9 Å². The molecule has 3 N–H and O–H groups in total. The van der Waals surface area contributed by atoms with E-state index in [9.17, 15) is 23.5 Å². The lowest BCUT2D eigenvalue weighted by Crippen LogP contribution is -2.24. The number of aromatic nitrogens is 2. The Morgan fingerprint density at radius 2 is 1.85 bits per heavy atom. The van der Waals surface area contributed by atoms with E-state index in [0.717, 1.165) is 18.3 Å². The van der Waals surface area contributed by atoms with Gasteiger partial charge < -0.3 is 5.11 Å². The highest BCUT2D eigenvalue weighted by Crippen LogP contribution is 2.13. The van der Waals surface area contributed by atoms with Crippen LogP contribution in [0.1, 0.15) is 11.1 Å². The summed E-state index contributed by atoms with van der Waals surface area (Å²) in [5, 5.41) is 9.36. The fraction of sp³-hybridized carbons (Fsp3) is 0.0833. The van der Waals surface area contributed by atoms with Gasteiger partial charge in [-0.3, -0.25) is 19.8 Å². The number of hydrogen-bond donors (Lipinski definition) is 3. The summed E-state index contributed by atoms with van der Waals surface area (Å²) in [6.07, 6.45) is 0.927. The normalized spacial score (nSPS) is 11.1. The van der Waals surface area contributed by atoms with Crippen molar-refractivity contribution in [2.24, 2.45) is 4.99 Å². The first-order chi connectivity index (χ1) is 9.49. The smallest absolute Gasteiger partial charge is 0.328 e. The van der Waals surface area contributed by atoms with Crippen molar-refractivity contribution in [2.45, 2.75) is 6.54 Å². The van der Waals surface area contributed by atoms with E-state index in [0.29, 0.717) is 0 Å². The summed E-state index contributed by atoms with van der Waals surface area (Å²) in [5.74, 6) is -2.19. The molecule has 0 aliphatic rings. The lowest BCUT2D eigenvalue weighted by atomic mass is 10.2. The quantitative estimate of drug-likeness (QED) is 0.721. The molecule has 1 heterocycles. The number of benzene rings is 1. The maximum atomic E-state index is 13.3. The van der Waals surface area contributed by atoms with E-state index in [2.05, 4.69) is 4.99 Å². The monoisotopic (exact) mass is 281 g/mol. The summed E-state index contributed by atoms with van der Waals surface area (Å²) >= 11 is 0. The van der Waals surface area contributed by atoms with E-state index in [4.69, 9.17) is 0 Å². The number of aromatic amines is 2. The van der Waals surface area contributed by atoms with Gasteiger partial charge in [-0.1, -0.05) is 6.07 Å². The molecule has 0 unspecified atom stereocenters. The van der Waals surface area contributed by atoms with Gasteiger partial charge in [0.25, 0.3) is 5.56 Å². The average molecular weight is 281 g/mol. The number of aromatic hydroxyl groups is 1. The first kappa shape index (κ1) is 13.7. The highest BCUT2D eigenvalue weighted by Gasteiger charge is 2.08. The molecule has 0 aliphatic heterocycles. The third kappa shape index (κ3) is 2.79. The van der Waals surface area contributed by atoms with Gasteiger partial charge in [-0.2, -0.15) is 0 Å². The van der Waals surface area contributed by atoms with Crippen molar-refractivity contribution in [2.75, 3.05) is 0 Å². The summed E-state index contributed by atoms with van der Waals surface area (Å²) < 4.78 is 26.6. The molecule has 6 nitrogen and oxygen atoms in total. The van der Waals surface area contributed by atoms with Gasteiger partial charge in [0, 0.05) is 11.8 Å². The third-order valence-electron chi connectivity index (χ3n) is 2.49. The van der Waals surface area contributed by atoms with Crippen LogP contribution in [0.4, 0.5) is 8.78 Å². The second-order valence-corrected chi connectivity index (χ2v) is 3.84. The van der Waals surface area contributed by atoms with Crippen LogP contribution in [0.2, 0.25) is 0 Å². The van der Waals surface area contributed by atoms with Crippen LogP contribution in [0.25, 0.3) is 0 Å². The molecule has 1 aromatic carbocycles. The highest BCUT2D eigenvalue weighted by atomic mass is 19.1. The number of halogens is 2. The lowest BCUT2D eigenvalue weighted by molar-refractivity contribution is 0.447. The van der Waals surface area contributed by atoms with Gasteiger partial charge in [0.15, 0.2) is 0 Å². The van der Waals surface area contributed by atoms with Crippen molar-refractivity contribution in [1.29, 1.82) is 0 Å². The molecule has 0 atom stereocenters. The van der Waals surface area contributed by atoms with Crippen LogP contribution < -0.4 is 11.2 Å². The van der Waals surface area contributed by atoms with Gasteiger partial charge in [-0.15, -0.1) is 0 Å². The summed E-state index contributed by atoms with van der Waals surface area (Å²) in [5.41, 5.74) is -2.29. The minimum absolute atomic E-state index is 0.260. The minimum atomic E-state index is -0.871. The fourth-order valence-corrected chi connectivity index (χ4v) is 1.52. The molecule has 0 saturated carbocycles. The zero-order chi connectivity index (χ0) is 14.7. The zero-order valence-corrected chi connectivity index (χ0v) is 9.98. The van der Waals surface area contributed by atoms with Gasteiger partial charge in [-0.25, -0.2) is 13.6 Å². The number of H-pyrrole nitrogens is 2. The molecule has 0 spiro atoms. The predicted octanol–water partition coefficient (Wildman–Crippen LogP) is 0.666. The molecular weight excluding hydrogens is 272 g/mol. The maximum absolute atomic E-state index is 13.3. The molecule has 0 fully saturated rings. The van der Waals surface area contributed by atoms with Crippen LogP contribution in [-0.4, -0.2) is 21.3 Å². The Hall–Kier alpha value is -2.77. The van der Waals surface area contributed by atoms with Crippen LogP contribution >= 0.6 is 0 Å². The summed E-state index contributed by atoms with van der Waals surface area (Å²) in [6, 6.07) is 3.38. The topological polar surface area (TPSA) is 98.3 Å². The average Bonchev–Trinajstić information content (AvgIpc) is 2.35. The van der Waals surface area contributed by atoms with Gasteiger partial charge in [0.05, 0.1) is 6.54 Å². The van der Waals surface area contributed by atoms with Crippen molar-refractivity contribution in [1.82, 2.24) is 9.97 Å². The molecule has 2 rings (SSSR count). The summed E-state index contributed by atoms with van der Waals surface area (Å²) in [4.78, 5) is 29.7. The highest BCUT2D eigenvalue weighted by molar-refractivity contribution is 5.81. The van der Waals surface area contributed by atoms with Gasteiger partial charge in [0.2, 0.25) is 5.88 Å². The molecule has 0 radical (unpaired) electrons. The second kappa shape index (κ2) is 5.47. The van der Waals surface area contributed by atoms with E-state index in [1.54, 1.807) is 0 Å². The number of aliphatic imine (C=N–C) groups is 1. The van der Waals surface area contributed by atoms with Crippen LogP contribution in [0.5, 0.6) is 5.88 Å². The van der Waals surface area contributed by atoms with E-state index < -0.39 is 28.8 Å². The molecule has 8 heteroatoms. The van der Waals surface area contributed by atoms with Crippen molar-refractivity contribution >= 4 is 6.21 Å². The first-order valence-electron chi connectivity index (χ1n) is 5.47. The van der Waals surface area contributed by atoms with Crippen LogP contribution in [-0.2, 0) is 6.54 Å². The second-order valence-electron chi connectivity index (χ2n) is 3.84. The van der Waals surface area contributed by atoms with Crippen molar-refractivity contribution in [3.8, 4) is 5.88 Å². The van der Waals surface area contributed by atoms with Crippen molar-refractivity contribution in [3.05, 3.63) is 61.8 Å². The van der Waals surface area contributed by atoms with Crippen LogP contribution in [0, 0.1) is 11.6 Å². The maximum Gasteiger partial charge on any atom is 0.328 e. The van der Waals surface area contributed by atoms with E-state index in [-0.39, 0.29) is 17.7 Å². The molecule has 104 valence electrons. The third-order valence-corrected chi connectivity index (χ3v) is 2.49. The van der Waals surface area contributed by atoms with Gasteiger partial charge >= 0.3 is 5.69 Å². The molecular formula is C12H9F2N3O3. The van der Waals surface area contributed by atoms with E-state index in [1.165, 1.54) is 6.07 Å². The number of hydrogen-bond acceptors (Lipinski definition) is 4. The molecule has 0 aliphatic carbocycles. The first-order valence-corrected chi connectivity index (χ1v) is 5.47. The molecule has 20 heavy (non-hydrogen) atoms. The SMILES string of the molecule is O=c1[nH]c(O)c(C=NCc2c(F)cccc2F)c(=O)[nH]1. The standard InChI is InChI=1S/C12H9F2N3O3/c13-8-2-1-3-9(14)6(8)4-15-5-7-10(18)16-12(20)17-11(7)19/h1-3,5H,4H2,(H3,16,17,18,19,20). The van der Waals surface area contributed by atoms with Crippen LogP contribution in [0.15, 0.2) is 32.8 Å². The molecule has 0 saturated heterocycles. The van der Waals surface area contributed by atoms with Gasteiger partial charge in [-0.05, 0) is 12.1 Å². The zero-order valence-electron chi connectivity index (χ0n) is 9.98. The summed E-state index contributed by atoms with van der Waals surface area (Å²) in [7, 11) is 0. The Kier molecular flexibility index (Phi) is 3.74. The Morgan fingerprint density at radius 3 is 2.45 bits per heavy atom. The van der Waals surface area contributed by atoms with E-state index in [1.807, 2.05) is 9.97 Å². The predicted molar refractivity (Wildman–Crippen MR) is 67.0 cm³/mol. The van der Waals surface area contributed by atoms with E-state index >= 15 is 0 Å². The molecule has 0 bridgehead atoms. The Bertz CT molecular complexity index is 760. The van der Waals surface area contributed by atoms with Crippen molar-refractivity contribution in [3.63, 3.8) is 0 Å². The molecule has 0 amide bonds. The van der Waals surface area contributed by atoms with Crippen LogP contribution in [0.3, 0.4) is 0 Å². The Morgan fingerprint density at radius 1 is 1.20 bits per heavy atom. The molecule has 2 aromatic rings. The fourth-order valence-electron chi connectivity index (χ4n) is 1.52. The largest absolute Gasteiger partial charge is 0.494 e. The summed E-state index contributed by atoms with van der Waals surface area (Å²) in [6.45, 7) is -0.351. The number of rotatable bonds is 3. The number of nitrogens with zero attached hydrogens (tertiary/aromatic N) is 1. The Labute approximate surface area is 110 Å². The number of nitrogens with one attached hydrogen (secondary N) is 2. The van der Waals surface area contributed by atoms with Gasteiger partial charge in [0.1, 0.15) is 17.2 Å². The minimum Gasteiger partial charge on any atom is -0.494 e.